The van der Waals surface area contributed by atoms with Gasteiger partial charge in [0.15, 0.2) is 5.58 Å². The van der Waals surface area contributed by atoms with Crippen LogP contribution in [0.4, 0.5) is 0 Å². The Morgan fingerprint density at radius 1 is 1.00 bits per heavy atom. The average Bonchev–Trinajstić information content (AvgIpc) is 3.23. The zero-order valence-electron chi connectivity index (χ0n) is 19.2. The highest BCUT2D eigenvalue weighted by Crippen LogP contribution is 2.33. The largest absolute Gasteiger partial charge is 0.490 e. The van der Waals surface area contributed by atoms with Crippen molar-refractivity contribution in [2.45, 2.75) is 44.2 Å². The van der Waals surface area contributed by atoms with Gasteiger partial charge in [-0.2, -0.15) is 0 Å². The number of aromatic amines is 1. The topological polar surface area (TPSA) is 61.7 Å². The molecule has 1 N–H and O–H groups in total. The monoisotopic (exact) mass is 447 g/mol. The zero-order valence-corrected chi connectivity index (χ0v) is 19.2. The molecule has 0 amide bonds. The molecule has 0 atom stereocenters. The fourth-order valence-electron chi connectivity index (χ4n) is 5.24. The smallest absolute Gasteiger partial charge is 0.417 e. The van der Waals surface area contributed by atoms with Crippen LogP contribution in [0.5, 0.6) is 5.75 Å². The fraction of sp³-hybridized carbons (Fsp3) is 0.444. The Morgan fingerprint density at radius 2 is 1.73 bits per heavy atom. The molecule has 5 rings (SSSR count). The zero-order chi connectivity index (χ0) is 22.6. The molecule has 3 heterocycles. The minimum Gasteiger partial charge on any atom is -0.490 e. The number of ether oxygens (including phenoxy) is 1. The molecule has 33 heavy (non-hydrogen) atoms. The van der Waals surface area contributed by atoms with Crippen LogP contribution in [0, 0.1) is 0 Å². The standard InChI is InChI=1S/C27H33N3O3/c1-2-14-29-17-12-23(13-18-29)32-22-8-6-20(7-9-22)19-30-15-10-21(11-16-30)24-4-3-5-25-26(24)33-27(31)28-25/h2-9,21,23H,1,10-19H2,(H,28,31). The molecule has 0 saturated carbocycles. The quantitative estimate of drug-likeness (QED) is 0.539. The number of piperidine rings is 2. The van der Waals surface area contributed by atoms with Gasteiger partial charge in [-0.1, -0.05) is 30.3 Å². The molecule has 2 aliphatic rings. The van der Waals surface area contributed by atoms with E-state index < -0.39 is 0 Å². The number of oxazole rings is 1. The number of para-hydroxylation sites is 1. The third kappa shape index (κ3) is 5.23. The Kier molecular flexibility index (Phi) is 6.65. The molecule has 174 valence electrons. The molecule has 0 bridgehead atoms. The predicted molar refractivity (Wildman–Crippen MR) is 131 cm³/mol. The Hall–Kier alpha value is -2.83. The number of aromatic nitrogens is 1. The Bertz CT molecular complexity index is 1120. The lowest BCUT2D eigenvalue weighted by molar-refractivity contribution is 0.107. The molecule has 0 spiro atoms. The van der Waals surface area contributed by atoms with Crippen LogP contribution in [-0.2, 0) is 6.54 Å². The van der Waals surface area contributed by atoms with E-state index in [0.29, 0.717) is 12.0 Å². The maximum atomic E-state index is 11.6. The Labute approximate surface area is 194 Å². The first-order valence-corrected chi connectivity index (χ1v) is 12.1. The van der Waals surface area contributed by atoms with Crippen molar-refractivity contribution >= 4 is 11.1 Å². The molecule has 3 aromatic rings. The first-order valence-electron chi connectivity index (χ1n) is 12.1. The van der Waals surface area contributed by atoms with Crippen LogP contribution in [0.2, 0.25) is 0 Å². The minimum absolute atomic E-state index is 0.310. The number of H-pyrrole nitrogens is 1. The average molecular weight is 448 g/mol. The third-order valence-corrected chi connectivity index (χ3v) is 7.06. The normalized spacial score (nSPS) is 19.2. The summed E-state index contributed by atoms with van der Waals surface area (Å²) >= 11 is 0. The van der Waals surface area contributed by atoms with Gasteiger partial charge in [0.1, 0.15) is 11.9 Å². The van der Waals surface area contributed by atoms with Crippen LogP contribution >= 0.6 is 0 Å². The molecular weight excluding hydrogens is 414 g/mol. The molecule has 0 radical (unpaired) electrons. The second-order valence-corrected chi connectivity index (χ2v) is 9.34. The van der Waals surface area contributed by atoms with Crippen molar-refractivity contribution in [3.8, 4) is 5.75 Å². The number of fused-ring (bicyclic) bond motifs is 1. The number of benzene rings is 2. The van der Waals surface area contributed by atoms with E-state index in [0.717, 1.165) is 87.4 Å². The predicted octanol–water partition coefficient (Wildman–Crippen LogP) is 4.53. The van der Waals surface area contributed by atoms with Crippen molar-refractivity contribution in [3.05, 3.63) is 76.8 Å². The second kappa shape index (κ2) is 9.98. The van der Waals surface area contributed by atoms with Gasteiger partial charge in [0, 0.05) is 31.7 Å². The summed E-state index contributed by atoms with van der Waals surface area (Å²) in [5, 5.41) is 0. The Balaban J connectivity index is 1.11. The van der Waals surface area contributed by atoms with Crippen molar-refractivity contribution in [3.63, 3.8) is 0 Å². The van der Waals surface area contributed by atoms with E-state index in [4.69, 9.17) is 9.15 Å². The number of likely N-dealkylation sites (tertiary alicyclic amines) is 2. The molecule has 2 saturated heterocycles. The summed E-state index contributed by atoms with van der Waals surface area (Å²) in [7, 11) is 0. The van der Waals surface area contributed by atoms with E-state index in [1.807, 2.05) is 18.2 Å². The lowest BCUT2D eigenvalue weighted by atomic mass is 9.89. The van der Waals surface area contributed by atoms with Crippen molar-refractivity contribution in [1.82, 2.24) is 14.8 Å². The van der Waals surface area contributed by atoms with Crippen molar-refractivity contribution in [2.24, 2.45) is 0 Å². The molecule has 2 aliphatic heterocycles. The first-order chi connectivity index (χ1) is 16.2. The summed E-state index contributed by atoms with van der Waals surface area (Å²) < 4.78 is 11.6. The first kappa shape index (κ1) is 22.0. The van der Waals surface area contributed by atoms with Gasteiger partial charge >= 0.3 is 5.76 Å². The van der Waals surface area contributed by atoms with Gasteiger partial charge in [-0.05, 0) is 68.5 Å². The van der Waals surface area contributed by atoms with Gasteiger partial charge in [-0.3, -0.25) is 14.8 Å². The highest BCUT2D eigenvalue weighted by Gasteiger charge is 2.24. The van der Waals surface area contributed by atoms with Gasteiger partial charge in [0.2, 0.25) is 0 Å². The van der Waals surface area contributed by atoms with Crippen LogP contribution in [0.15, 0.2) is 64.3 Å². The minimum atomic E-state index is -0.375. The maximum Gasteiger partial charge on any atom is 0.417 e. The van der Waals surface area contributed by atoms with Gasteiger partial charge in [0.05, 0.1) is 5.52 Å². The van der Waals surface area contributed by atoms with E-state index in [9.17, 15) is 4.79 Å². The summed E-state index contributed by atoms with van der Waals surface area (Å²) in [4.78, 5) is 19.3. The van der Waals surface area contributed by atoms with E-state index >= 15 is 0 Å². The van der Waals surface area contributed by atoms with Gasteiger partial charge in [0.25, 0.3) is 0 Å². The fourth-order valence-corrected chi connectivity index (χ4v) is 5.24. The highest BCUT2D eigenvalue weighted by molar-refractivity contribution is 5.76. The van der Waals surface area contributed by atoms with Crippen LogP contribution in [0.25, 0.3) is 11.1 Å². The van der Waals surface area contributed by atoms with E-state index in [2.05, 4.69) is 51.7 Å². The molecular formula is C27H33N3O3. The lowest BCUT2D eigenvalue weighted by Crippen LogP contribution is -2.38. The Morgan fingerprint density at radius 3 is 2.45 bits per heavy atom. The molecule has 2 aromatic carbocycles. The molecule has 2 fully saturated rings. The molecule has 6 heteroatoms. The molecule has 1 aromatic heterocycles. The maximum absolute atomic E-state index is 11.6. The molecule has 0 unspecified atom stereocenters. The summed E-state index contributed by atoms with van der Waals surface area (Å²) in [6.07, 6.45) is 6.57. The van der Waals surface area contributed by atoms with Crippen LogP contribution in [-0.4, -0.2) is 53.6 Å². The van der Waals surface area contributed by atoms with E-state index in [1.165, 1.54) is 5.56 Å². The van der Waals surface area contributed by atoms with E-state index in [1.54, 1.807) is 0 Å². The SMILES string of the molecule is C=CCN1CCC(Oc2ccc(CN3CCC(c4cccc5[nH]c(=O)oc45)CC3)cc2)CC1. The summed E-state index contributed by atoms with van der Waals surface area (Å²) in [6.45, 7) is 9.99. The highest BCUT2D eigenvalue weighted by atomic mass is 16.5. The van der Waals surface area contributed by atoms with Crippen LogP contribution < -0.4 is 10.5 Å². The molecule has 6 nitrogen and oxygen atoms in total. The summed E-state index contributed by atoms with van der Waals surface area (Å²) in [6, 6.07) is 14.6. The number of rotatable bonds is 7. The van der Waals surface area contributed by atoms with Gasteiger partial charge in [-0.15, -0.1) is 6.58 Å². The number of hydrogen-bond acceptors (Lipinski definition) is 5. The third-order valence-electron chi connectivity index (χ3n) is 7.06. The van der Waals surface area contributed by atoms with Crippen LogP contribution in [0.3, 0.4) is 0 Å². The van der Waals surface area contributed by atoms with Crippen molar-refractivity contribution in [1.29, 1.82) is 0 Å². The van der Waals surface area contributed by atoms with Crippen LogP contribution in [0.1, 0.15) is 42.7 Å². The van der Waals surface area contributed by atoms with Gasteiger partial charge < -0.3 is 9.15 Å². The van der Waals surface area contributed by atoms with Crippen molar-refractivity contribution < 1.29 is 9.15 Å². The summed E-state index contributed by atoms with van der Waals surface area (Å²) in [5.41, 5.74) is 4.00. The lowest BCUT2D eigenvalue weighted by Gasteiger charge is -2.32. The summed E-state index contributed by atoms with van der Waals surface area (Å²) in [5.74, 6) is 1.03. The second-order valence-electron chi connectivity index (χ2n) is 9.34. The van der Waals surface area contributed by atoms with Gasteiger partial charge in [-0.25, -0.2) is 4.79 Å². The number of nitrogens with zero attached hydrogens (tertiary/aromatic N) is 2. The van der Waals surface area contributed by atoms with Crippen molar-refractivity contribution in [2.75, 3.05) is 32.7 Å². The number of nitrogens with one attached hydrogen (secondary N) is 1. The van der Waals surface area contributed by atoms with E-state index in [-0.39, 0.29) is 5.76 Å². The molecule has 0 aliphatic carbocycles. The number of hydrogen-bond donors (Lipinski definition) is 1.